The highest BCUT2D eigenvalue weighted by Gasteiger charge is 2.14. The molecule has 7 heteroatoms. The fourth-order valence-corrected chi connectivity index (χ4v) is 3.33. The average Bonchev–Trinajstić information content (AvgIpc) is 2.95. The van der Waals surface area contributed by atoms with Crippen molar-refractivity contribution in [2.75, 3.05) is 5.32 Å². The van der Waals surface area contributed by atoms with Gasteiger partial charge in [0, 0.05) is 16.0 Å². The number of nitrogens with one attached hydrogen (secondary N) is 1. The summed E-state index contributed by atoms with van der Waals surface area (Å²) in [6.45, 7) is 0.904. The molecule has 0 aliphatic heterocycles. The lowest BCUT2D eigenvalue weighted by molar-refractivity contribution is -0.0498. The number of aromatic nitrogens is 1. The first-order valence-electron chi connectivity index (χ1n) is 7.83. The number of amides is 1. The largest absolute Gasteiger partial charge is 0.435 e. The Hall–Kier alpha value is -2.80. The Labute approximate surface area is 153 Å². The molecule has 3 rings (SSSR count). The molecular formula is C19H16F2N2O2S. The van der Waals surface area contributed by atoms with Gasteiger partial charge in [-0.25, -0.2) is 4.98 Å². The maximum atomic E-state index is 12.4. The molecule has 4 nitrogen and oxygen atoms in total. The summed E-state index contributed by atoms with van der Waals surface area (Å²) in [5, 5.41) is 3.30. The van der Waals surface area contributed by atoms with Gasteiger partial charge in [0.05, 0.1) is 5.69 Å². The van der Waals surface area contributed by atoms with Gasteiger partial charge in [0.2, 0.25) is 0 Å². The van der Waals surface area contributed by atoms with Crippen molar-refractivity contribution in [2.24, 2.45) is 0 Å². The molecule has 3 aromatic rings. The minimum absolute atomic E-state index is 0.0877. The number of rotatable bonds is 5. The van der Waals surface area contributed by atoms with E-state index in [4.69, 9.17) is 0 Å². The molecule has 0 bridgehead atoms. The quantitative estimate of drug-likeness (QED) is 0.661. The summed E-state index contributed by atoms with van der Waals surface area (Å²) in [4.78, 5) is 17.8. The summed E-state index contributed by atoms with van der Waals surface area (Å²) in [6.07, 6.45) is 0. The Morgan fingerprint density at radius 3 is 2.46 bits per heavy atom. The topological polar surface area (TPSA) is 51.2 Å². The Bertz CT molecular complexity index is 924. The Morgan fingerprint density at radius 1 is 1.12 bits per heavy atom. The number of thiazole rings is 1. The van der Waals surface area contributed by atoms with Crippen LogP contribution in [0.2, 0.25) is 0 Å². The Kier molecular flexibility index (Phi) is 5.27. The van der Waals surface area contributed by atoms with E-state index in [1.165, 1.54) is 23.5 Å². The second kappa shape index (κ2) is 7.61. The molecule has 0 aliphatic rings. The van der Waals surface area contributed by atoms with Crippen LogP contribution in [0, 0.1) is 13.8 Å². The van der Waals surface area contributed by atoms with Gasteiger partial charge in [-0.2, -0.15) is 8.78 Å². The number of anilines is 1. The van der Waals surface area contributed by atoms with E-state index in [2.05, 4.69) is 15.0 Å². The Morgan fingerprint density at radius 2 is 1.81 bits per heavy atom. The van der Waals surface area contributed by atoms with Crippen molar-refractivity contribution in [3.05, 3.63) is 64.5 Å². The lowest BCUT2D eigenvalue weighted by Gasteiger charge is -2.05. The number of aryl methyl sites for hydroxylation is 2. The van der Waals surface area contributed by atoms with Gasteiger partial charge in [-0.15, -0.1) is 11.3 Å². The van der Waals surface area contributed by atoms with Crippen molar-refractivity contribution in [1.29, 1.82) is 0 Å². The van der Waals surface area contributed by atoms with Crippen molar-refractivity contribution < 1.29 is 18.3 Å². The second-order valence-electron chi connectivity index (χ2n) is 5.60. The number of carbonyl (C=O) groups excluding carboxylic acids is 1. The summed E-state index contributed by atoms with van der Waals surface area (Å²) in [6, 6.07) is 13.6. The molecule has 1 amide bonds. The van der Waals surface area contributed by atoms with E-state index < -0.39 is 6.61 Å². The third-order valence-corrected chi connectivity index (χ3v) is 4.65. The van der Waals surface area contributed by atoms with Gasteiger partial charge < -0.3 is 4.74 Å². The highest BCUT2D eigenvalue weighted by atomic mass is 32.1. The van der Waals surface area contributed by atoms with Crippen LogP contribution in [0.15, 0.2) is 48.5 Å². The molecule has 0 unspecified atom stereocenters. The van der Waals surface area contributed by atoms with Crippen molar-refractivity contribution in [1.82, 2.24) is 4.98 Å². The number of nitrogens with zero attached hydrogens (tertiary/aromatic N) is 1. The molecule has 2 aromatic carbocycles. The van der Waals surface area contributed by atoms with Crippen LogP contribution in [0.1, 0.15) is 20.8 Å². The molecule has 1 N–H and O–H groups in total. The van der Waals surface area contributed by atoms with Gasteiger partial charge in [0.15, 0.2) is 5.13 Å². The van der Waals surface area contributed by atoms with Gasteiger partial charge in [-0.05, 0) is 49.7 Å². The SMILES string of the molecule is Cc1ccccc1C(=O)Nc1nc(-c2ccc(OC(F)F)cc2)c(C)s1. The van der Waals surface area contributed by atoms with E-state index in [-0.39, 0.29) is 11.7 Å². The van der Waals surface area contributed by atoms with Gasteiger partial charge in [-0.3, -0.25) is 10.1 Å². The minimum Gasteiger partial charge on any atom is -0.435 e. The molecule has 0 fully saturated rings. The second-order valence-corrected chi connectivity index (χ2v) is 6.80. The molecule has 1 heterocycles. The first-order valence-corrected chi connectivity index (χ1v) is 8.65. The maximum Gasteiger partial charge on any atom is 0.387 e. The first kappa shape index (κ1) is 18.0. The summed E-state index contributed by atoms with van der Waals surface area (Å²) in [7, 11) is 0. The fourth-order valence-electron chi connectivity index (χ4n) is 2.50. The molecule has 134 valence electrons. The third-order valence-electron chi connectivity index (χ3n) is 3.76. The molecule has 0 saturated heterocycles. The summed E-state index contributed by atoms with van der Waals surface area (Å²) < 4.78 is 28.8. The highest BCUT2D eigenvalue weighted by Crippen LogP contribution is 2.31. The van der Waals surface area contributed by atoms with Gasteiger partial charge in [0.25, 0.3) is 5.91 Å². The smallest absolute Gasteiger partial charge is 0.387 e. The predicted octanol–water partition coefficient (Wildman–Crippen LogP) is 5.28. The summed E-state index contributed by atoms with van der Waals surface area (Å²) in [5.74, 6) is -0.131. The van der Waals surface area contributed by atoms with Crippen molar-refractivity contribution in [3.8, 4) is 17.0 Å². The van der Waals surface area contributed by atoms with Crippen LogP contribution in [0.25, 0.3) is 11.3 Å². The molecule has 0 aliphatic carbocycles. The maximum absolute atomic E-state index is 12.4. The van der Waals surface area contributed by atoms with Crippen molar-refractivity contribution in [3.63, 3.8) is 0 Å². The monoisotopic (exact) mass is 374 g/mol. The van der Waals surface area contributed by atoms with Crippen LogP contribution in [0.3, 0.4) is 0 Å². The number of hydrogen-bond donors (Lipinski definition) is 1. The Balaban J connectivity index is 1.79. The van der Waals surface area contributed by atoms with Gasteiger partial charge >= 0.3 is 6.61 Å². The molecule has 26 heavy (non-hydrogen) atoms. The van der Waals surface area contributed by atoms with E-state index in [1.54, 1.807) is 18.2 Å². The number of carbonyl (C=O) groups is 1. The number of alkyl halides is 2. The third kappa shape index (κ3) is 4.05. The highest BCUT2D eigenvalue weighted by molar-refractivity contribution is 7.16. The van der Waals surface area contributed by atoms with Crippen molar-refractivity contribution in [2.45, 2.75) is 20.5 Å². The zero-order chi connectivity index (χ0) is 18.7. The van der Waals surface area contributed by atoms with E-state index in [0.29, 0.717) is 16.4 Å². The molecule has 1 aromatic heterocycles. The standard InChI is InChI=1S/C19H16F2N2O2S/c1-11-5-3-4-6-15(11)17(24)23-19-22-16(12(2)26-19)13-7-9-14(10-8-13)25-18(20)21/h3-10,18H,1-2H3,(H,22,23,24). The zero-order valence-corrected chi connectivity index (χ0v) is 14.9. The summed E-state index contributed by atoms with van der Waals surface area (Å²) >= 11 is 1.36. The average molecular weight is 374 g/mol. The van der Waals surface area contributed by atoms with Crippen LogP contribution in [-0.2, 0) is 0 Å². The first-order chi connectivity index (χ1) is 12.4. The van der Waals surface area contributed by atoms with Crippen LogP contribution in [0.4, 0.5) is 13.9 Å². The lowest BCUT2D eigenvalue weighted by Crippen LogP contribution is -2.12. The fraction of sp³-hybridized carbons (Fsp3) is 0.158. The normalized spacial score (nSPS) is 10.8. The van der Waals surface area contributed by atoms with Crippen LogP contribution >= 0.6 is 11.3 Å². The molecular weight excluding hydrogens is 358 g/mol. The number of halogens is 2. The molecule has 0 saturated carbocycles. The molecule has 0 radical (unpaired) electrons. The van der Waals surface area contributed by atoms with E-state index >= 15 is 0 Å². The van der Waals surface area contributed by atoms with Crippen molar-refractivity contribution >= 4 is 22.4 Å². The minimum atomic E-state index is -2.86. The van der Waals surface area contributed by atoms with E-state index in [9.17, 15) is 13.6 Å². The molecule has 0 spiro atoms. The van der Waals surface area contributed by atoms with E-state index in [0.717, 1.165) is 16.0 Å². The summed E-state index contributed by atoms with van der Waals surface area (Å²) in [5.41, 5.74) is 2.93. The lowest BCUT2D eigenvalue weighted by atomic mass is 10.1. The predicted molar refractivity (Wildman–Crippen MR) is 98.1 cm³/mol. The van der Waals surface area contributed by atoms with Crippen LogP contribution in [-0.4, -0.2) is 17.5 Å². The number of hydrogen-bond acceptors (Lipinski definition) is 4. The zero-order valence-electron chi connectivity index (χ0n) is 14.1. The molecule has 0 atom stereocenters. The van der Waals surface area contributed by atoms with E-state index in [1.807, 2.05) is 32.0 Å². The number of benzene rings is 2. The number of ether oxygens (including phenoxy) is 1. The van der Waals surface area contributed by atoms with Crippen LogP contribution in [0.5, 0.6) is 5.75 Å². The van der Waals surface area contributed by atoms with Gasteiger partial charge in [-0.1, -0.05) is 18.2 Å². The van der Waals surface area contributed by atoms with Gasteiger partial charge in [0.1, 0.15) is 5.75 Å². The van der Waals surface area contributed by atoms with Crippen LogP contribution < -0.4 is 10.1 Å².